The topological polar surface area (TPSA) is 85.2 Å². The molecule has 1 saturated carbocycles. The van der Waals surface area contributed by atoms with Crippen LogP contribution in [0.25, 0.3) is 0 Å². The van der Waals surface area contributed by atoms with Crippen molar-refractivity contribution in [1.82, 2.24) is 0 Å². The Morgan fingerprint density at radius 2 is 1.92 bits per heavy atom. The van der Waals surface area contributed by atoms with Crippen LogP contribution in [-0.2, 0) is 25.4 Å². The summed E-state index contributed by atoms with van der Waals surface area (Å²) >= 11 is 0. The van der Waals surface area contributed by atoms with E-state index in [1.165, 1.54) is 0 Å². The Labute approximate surface area is 220 Å². The Hall–Kier alpha value is -2.09. The van der Waals surface area contributed by atoms with Gasteiger partial charge in [0.15, 0.2) is 11.6 Å². The number of Topliss-reactive ketones (excluding diaryl/α,β-unsaturated/α-hetero) is 1. The van der Waals surface area contributed by atoms with Crippen molar-refractivity contribution in [3.63, 3.8) is 0 Å². The van der Waals surface area contributed by atoms with E-state index in [4.69, 9.17) is 14.2 Å². The first-order valence-corrected chi connectivity index (χ1v) is 13.2. The van der Waals surface area contributed by atoms with Gasteiger partial charge >= 0.3 is 0 Å². The number of aliphatic hydroxyl groups excluding tert-OH is 1. The third kappa shape index (κ3) is 3.32. The zero-order valence-corrected chi connectivity index (χ0v) is 22.8. The van der Waals surface area contributed by atoms with E-state index < -0.39 is 40.0 Å². The summed E-state index contributed by atoms with van der Waals surface area (Å²) in [4.78, 5) is 13.5. The third-order valence-electron chi connectivity index (χ3n) is 9.84. The van der Waals surface area contributed by atoms with Gasteiger partial charge in [0.2, 0.25) is 0 Å². The van der Waals surface area contributed by atoms with Crippen molar-refractivity contribution in [1.29, 1.82) is 0 Å². The average Bonchev–Trinajstić information content (AvgIpc) is 3.20. The minimum absolute atomic E-state index is 0.0376. The van der Waals surface area contributed by atoms with Crippen LogP contribution in [0.2, 0.25) is 0 Å². The van der Waals surface area contributed by atoms with Crippen molar-refractivity contribution in [2.45, 2.75) is 82.6 Å². The quantitative estimate of drug-likeness (QED) is 0.577. The van der Waals surface area contributed by atoms with E-state index in [0.717, 1.165) is 11.1 Å². The maximum atomic E-state index is 13.5. The van der Waals surface area contributed by atoms with Crippen LogP contribution in [0.3, 0.4) is 0 Å². The lowest BCUT2D eigenvalue weighted by atomic mass is 9.49. The molecule has 0 amide bonds. The summed E-state index contributed by atoms with van der Waals surface area (Å²) in [6, 6.07) is 10.1. The smallest absolute Gasteiger partial charge is 0.191 e. The number of hydrogen-bond acceptors (Lipinski definition) is 6. The highest BCUT2D eigenvalue weighted by Gasteiger charge is 2.76. The minimum Gasteiger partial charge on any atom is -0.392 e. The van der Waals surface area contributed by atoms with E-state index in [0.29, 0.717) is 24.0 Å². The number of rotatable bonds is 5. The molecule has 0 aromatic heterocycles. The Kier molecular flexibility index (Phi) is 6.06. The maximum absolute atomic E-state index is 13.5. The van der Waals surface area contributed by atoms with Gasteiger partial charge in [0.1, 0.15) is 17.3 Å². The number of carbonyl (C=O) groups excluding carboxylic acids is 1. The Bertz CT molecular complexity index is 1190. The van der Waals surface area contributed by atoms with Crippen LogP contribution in [0.1, 0.15) is 53.0 Å². The number of benzene rings is 1. The molecule has 6 nitrogen and oxygen atoms in total. The molecule has 1 saturated heterocycles. The standard InChI is InChI=1S/C31H40O6/c1-19(2)29-15-21(4)31(35-7)24(26(29)36-28(6,37-29)16-22-11-9-8-10-12-22)13-23(18-32)17-30(34)25(33)20(3)14-27(30,31)5/h8-14,21,24,26,32,34H,1,15-18H2,2-7H3/t21-,24?,26-,27-,28?,29-,30?,31-/m1/s1. The minimum atomic E-state index is -1.74. The van der Waals surface area contributed by atoms with Crippen LogP contribution >= 0.6 is 0 Å². The first-order chi connectivity index (χ1) is 17.3. The molecule has 3 aliphatic carbocycles. The van der Waals surface area contributed by atoms with Crippen molar-refractivity contribution in [3.8, 4) is 0 Å². The maximum Gasteiger partial charge on any atom is 0.191 e. The molecular formula is C31H40O6. The van der Waals surface area contributed by atoms with Crippen LogP contribution in [0.5, 0.6) is 0 Å². The second-order valence-corrected chi connectivity index (χ2v) is 12.1. The zero-order chi connectivity index (χ0) is 27.0. The number of hydrogen-bond donors (Lipinski definition) is 2. The van der Waals surface area contributed by atoms with Crippen LogP contribution in [-0.4, -0.2) is 58.4 Å². The van der Waals surface area contributed by atoms with E-state index in [2.05, 4.69) is 25.6 Å². The predicted octanol–water partition coefficient (Wildman–Crippen LogP) is 4.31. The summed E-state index contributed by atoms with van der Waals surface area (Å²) in [5, 5.41) is 22.5. The molecule has 1 aromatic rings. The lowest BCUT2D eigenvalue weighted by Crippen LogP contribution is -2.72. The highest BCUT2D eigenvalue weighted by molar-refractivity contribution is 6.05. The predicted molar refractivity (Wildman–Crippen MR) is 141 cm³/mol. The molecule has 1 heterocycles. The highest BCUT2D eigenvalue weighted by Crippen LogP contribution is 2.67. The monoisotopic (exact) mass is 508 g/mol. The van der Waals surface area contributed by atoms with Crippen LogP contribution < -0.4 is 0 Å². The molecule has 8 atom stereocenters. The fourth-order valence-corrected chi connectivity index (χ4v) is 8.31. The molecule has 1 aromatic carbocycles. The van der Waals surface area contributed by atoms with Gasteiger partial charge in [-0.2, -0.15) is 0 Å². The summed E-state index contributed by atoms with van der Waals surface area (Å²) < 4.78 is 20.4. The molecule has 200 valence electrons. The summed E-state index contributed by atoms with van der Waals surface area (Å²) in [6.07, 6.45) is 4.52. The number of ether oxygens (including phenoxy) is 3. The molecule has 3 unspecified atom stereocenters. The second-order valence-electron chi connectivity index (χ2n) is 12.1. The summed E-state index contributed by atoms with van der Waals surface area (Å²) in [7, 11) is 1.66. The number of methoxy groups -OCH3 is 1. The Balaban J connectivity index is 1.71. The molecular weight excluding hydrogens is 468 g/mol. The van der Waals surface area contributed by atoms with Crippen molar-refractivity contribution in [2.75, 3.05) is 13.7 Å². The van der Waals surface area contributed by atoms with Crippen LogP contribution in [0, 0.1) is 17.3 Å². The molecule has 37 heavy (non-hydrogen) atoms. The SMILES string of the molecule is C=C(C)[C@]12C[C@@H](C)[C@@]3(OC)C(C=C(CO)CC4(O)C(=O)C(C)=C[C@]43C)[C@H]1OC(C)(Cc1ccccc1)O2. The highest BCUT2D eigenvalue weighted by atomic mass is 16.8. The Morgan fingerprint density at radius 1 is 1.24 bits per heavy atom. The van der Waals surface area contributed by atoms with Crippen molar-refractivity contribution in [3.05, 3.63) is 71.3 Å². The van der Waals surface area contributed by atoms with Gasteiger partial charge in [0.25, 0.3) is 0 Å². The average molecular weight is 509 g/mol. The molecule has 2 N–H and O–H groups in total. The first-order valence-electron chi connectivity index (χ1n) is 13.2. The number of aliphatic hydroxyl groups is 2. The molecule has 0 radical (unpaired) electrons. The Morgan fingerprint density at radius 3 is 2.51 bits per heavy atom. The summed E-state index contributed by atoms with van der Waals surface area (Å²) in [6.45, 7) is 13.8. The van der Waals surface area contributed by atoms with Gasteiger partial charge in [-0.05, 0) is 55.4 Å². The van der Waals surface area contributed by atoms with Crippen molar-refractivity contribution < 1.29 is 29.2 Å². The molecule has 5 rings (SSSR count). The fraction of sp³-hybridized carbons (Fsp3) is 0.581. The van der Waals surface area contributed by atoms with Crippen LogP contribution in [0.4, 0.5) is 0 Å². The third-order valence-corrected chi connectivity index (χ3v) is 9.84. The molecule has 0 spiro atoms. The normalized spacial score (nSPS) is 44.9. The lowest BCUT2D eigenvalue weighted by Gasteiger charge is -2.61. The van der Waals surface area contributed by atoms with E-state index in [1.807, 2.05) is 51.1 Å². The molecule has 6 heteroatoms. The van der Waals surface area contributed by atoms with Gasteiger partial charge in [0, 0.05) is 25.9 Å². The number of fused-ring (bicyclic) bond motifs is 5. The van der Waals surface area contributed by atoms with E-state index in [1.54, 1.807) is 14.0 Å². The number of ketones is 1. The van der Waals surface area contributed by atoms with Gasteiger partial charge in [-0.1, -0.05) is 62.9 Å². The van der Waals surface area contributed by atoms with Gasteiger partial charge in [-0.15, -0.1) is 0 Å². The van der Waals surface area contributed by atoms with Crippen molar-refractivity contribution >= 4 is 5.78 Å². The lowest BCUT2D eigenvalue weighted by molar-refractivity contribution is -0.244. The molecule has 2 fully saturated rings. The summed E-state index contributed by atoms with van der Waals surface area (Å²) in [5.74, 6) is -1.82. The van der Waals surface area contributed by atoms with Gasteiger partial charge < -0.3 is 24.4 Å². The van der Waals surface area contributed by atoms with E-state index in [-0.39, 0.29) is 24.7 Å². The van der Waals surface area contributed by atoms with Gasteiger partial charge in [0.05, 0.1) is 17.6 Å². The van der Waals surface area contributed by atoms with E-state index in [9.17, 15) is 15.0 Å². The molecule has 0 bridgehead atoms. The van der Waals surface area contributed by atoms with Crippen molar-refractivity contribution in [2.24, 2.45) is 17.3 Å². The molecule has 1 aliphatic heterocycles. The largest absolute Gasteiger partial charge is 0.392 e. The fourth-order valence-electron chi connectivity index (χ4n) is 8.31. The van der Waals surface area contributed by atoms with Crippen LogP contribution in [0.15, 0.2) is 65.8 Å². The van der Waals surface area contributed by atoms with Gasteiger partial charge in [-0.3, -0.25) is 4.79 Å². The molecule has 4 aliphatic rings. The second kappa shape index (κ2) is 8.45. The number of carbonyl (C=O) groups is 1. The first kappa shape index (κ1) is 26.5. The van der Waals surface area contributed by atoms with E-state index >= 15 is 0 Å². The zero-order valence-electron chi connectivity index (χ0n) is 22.8. The summed E-state index contributed by atoms with van der Waals surface area (Å²) in [5.41, 5.74) is -1.52. The van der Waals surface area contributed by atoms with Gasteiger partial charge in [-0.25, -0.2) is 0 Å².